The quantitative estimate of drug-likeness (QED) is 0.121. The Labute approximate surface area is 221 Å². The first-order chi connectivity index (χ1) is 14.4. The molecule has 0 aliphatic heterocycles. The predicted octanol–water partition coefficient (Wildman–Crippen LogP) is 4.35. The molecular formula is C16H14F5I3NO6S-. The van der Waals surface area contributed by atoms with E-state index in [0.29, 0.717) is 9.13 Å². The normalized spacial score (nSPS) is 13.6. The predicted molar refractivity (Wildman–Crippen MR) is 126 cm³/mol. The molecule has 16 heteroatoms. The molecule has 182 valence electrons. The Morgan fingerprint density at radius 2 is 1.72 bits per heavy atom. The van der Waals surface area contributed by atoms with Crippen molar-refractivity contribution in [3.63, 3.8) is 0 Å². The van der Waals surface area contributed by atoms with E-state index in [9.17, 15) is 44.5 Å². The van der Waals surface area contributed by atoms with Crippen molar-refractivity contribution in [2.45, 2.75) is 37.3 Å². The molecule has 0 saturated heterocycles. The zero-order valence-electron chi connectivity index (χ0n) is 15.9. The summed E-state index contributed by atoms with van der Waals surface area (Å²) in [6.45, 7) is 1.69. The molecule has 0 aliphatic rings. The lowest BCUT2D eigenvalue weighted by atomic mass is 10.2. The molecular weight excluding hydrogens is 810 g/mol. The highest BCUT2D eigenvalue weighted by molar-refractivity contribution is 14.1. The number of rotatable bonds is 9. The van der Waals surface area contributed by atoms with Crippen LogP contribution in [0.15, 0.2) is 12.1 Å². The lowest BCUT2D eigenvalue weighted by Gasteiger charge is -2.29. The maximum atomic E-state index is 13.4. The third-order valence-electron chi connectivity index (χ3n) is 3.89. The summed E-state index contributed by atoms with van der Waals surface area (Å²) in [4.78, 5) is 25.7. The number of alkyl halides is 5. The largest absolute Gasteiger partial charge is 0.743 e. The third kappa shape index (κ3) is 7.72. The average molecular weight is 824 g/mol. The number of ether oxygens (including phenoxy) is 1. The van der Waals surface area contributed by atoms with Gasteiger partial charge in [-0.2, -0.15) is 22.0 Å². The zero-order chi connectivity index (χ0) is 25.1. The Kier molecular flexibility index (Phi) is 10.8. The van der Waals surface area contributed by atoms with Crippen molar-refractivity contribution >= 4 is 89.8 Å². The Hall–Kier alpha value is -0.0900. The van der Waals surface area contributed by atoms with Gasteiger partial charge in [0.25, 0.3) is 12.0 Å². The molecule has 1 aromatic carbocycles. The summed E-state index contributed by atoms with van der Waals surface area (Å²) in [5, 5.41) is -5.90. The fourth-order valence-electron chi connectivity index (χ4n) is 2.35. The number of benzene rings is 1. The Morgan fingerprint density at radius 1 is 1.16 bits per heavy atom. The zero-order valence-corrected chi connectivity index (χ0v) is 23.2. The first-order valence-electron chi connectivity index (χ1n) is 8.46. The maximum absolute atomic E-state index is 13.4. The van der Waals surface area contributed by atoms with Crippen LogP contribution >= 0.6 is 67.8 Å². The van der Waals surface area contributed by atoms with Gasteiger partial charge in [-0.3, -0.25) is 9.59 Å². The van der Waals surface area contributed by atoms with E-state index in [2.05, 4.69) is 4.74 Å². The third-order valence-corrected chi connectivity index (χ3v) is 8.43. The summed E-state index contributed by atoms with van der Waals surface area (Å²) in [7, 11) is -6.76. The van der Waals surface area contributed by atoms with Crippen molar-refractivity contribution in [3.05, 3.63) is 28.4 Å². The standard InChI is InChI=1S/C16H15F5I3NO6S/c1-2-25(13(27)9-6-8(22)7-10(23)12(9)24)5-3-4-11(26)31-14(15(17,18)19)16(20,21)32(28,29)30/h6-7,14H,2-5H2,1H3,(H,28,29,30)/p-1. The van der Waals surface area contributed by atoms with E-state index < -0.39 is 46.0 Å². The number of hydrogen-bond acceptors (Lipinski definition) is 6. The van der Waals surface area contributed by atoms with Gasteiger partial charge in [0.2, 0.25) is 0 Å². The van der Waals surface area contributed by atoms with Gasteiger partial charge in [-0.1, -0.05) is 0 Å². The minimum absolute atomic E-state index is 0.116. The van der Waals surface area contributed by atoms with Crippen LogP contribution in [0.1, 0.15) is 30.1 Å². The van der Waals surface area contributed by atoms with Gasteiger partial charge >= 0.3 is 17.4 Å². The lowest BCUT2D eigenvalue weighted by Crippen LogP contribution is -2.52. The number of esters is 1. The van der Waals surface area contributed by atoms with Gasteiger partial charge < -0.3 is 14.2 Å². The van der Waals surface area contributed by atoms with Crippen LogP contribution in [-0.4, -0.2) is 60.4 Å². The van der Waals surface area contributed by atoms with E-state index in [4.69, 9.17) is 0 Å². The summed E-state index contributed by atoms with van der Waals surface area (Å²) >= 11 is 6.06. The Bertz CT molecular complexity index is 974. The highest BCUT2D eigenvalue weighted by atomic mass is 127. The number of hydrogen-bond donors (Lipinski definition) is 0. The molecule has 1 aromatic rings. The van der Waals surface area contributed by atoms with Gasteiger partial charge in [0, 0.05) is 30.2 Å². The van der Waals surface area contributed by atoms with Crippen LogP contribution in [-0.2, 0) is 19.6 Å². The van der Waals surface area contributed by atoms with Gasteiger partial charge in [0.15, 0.2) is 10.1 Å². The number of carbonyl (C=O) groups is 2. The highest BCUT2D eigenvalue weighted by Gasteiger charge is 2.62. The van der Waals surface area contributed by atoms with Gasteiger partial charge in [0.1, 0.15) is 0 Å². The molecule has 0 aromatic heterocycles. The molecule has 0 radical (unpaired) electrons. The first kappa shape index (κ1) is 29.9. The second kappa shape index (κ2) is 11.6. The molecule has 1 atom stereocenters. The van der Waals surface area contributed by atoms with Crippen molar-refractivity contribution in [2.24, 2.45) is 0 Å². The smallest absolute Gasteiger partial charge is 0.432 e. The van der Waals surface area contributed by atoms with Crippen LogP contribution in [0.5, 0.6) is 0 Å². The molecule has 0 fully saturated rings. The van der Waals surface area contributed by atoms with Gasteiger partial charge in [0.05, 0.1) is 5.56 Å². The van der Waals surface area contributed by atoms with Crippen LogP contribution in [0.3, 0.4) is 0 Å². The molecule has 1 amide bonds. The second-order valence-corrected chi connectivity index (χ2v) is 11.1. The number of amides is 1. The molecule has 1 unspecified atom stereocenters. The van der Waals surface area contributed by atoms with Crippen LogP contribution in [0.4, 0.5) is 22.0 Å². The van der Waals surface area contributed by atoms with E-state index >= 15 is 0 Å². The fourth-order valence-corrected chi connectivity index (χ4v) is 5.18. The highest BCUT2D eigenvalue weighted by Crippen LogP contribution is 2.38. The van der Waals surface area contributed by atoms with Crippen LogP contribution < -0.4 is 0 Å². The minimum atomic E-state index is -6.76. The van der Waals surface area contributed by atoms with Crippen molar-refractivity contribution in [1.82, 2.24) is 4.90 Å². The number of carbonyl (C=O) groups excluding carboxylic acids is 2. The van der Waals surface area contributed by atoms with E-state index in [1.54, 1.807) is 13.0 Å². The summed E-state index contributed by atoms with van der Waals surface area (Å²) in [5.74, 6) is -2.20. The molecule has 0 aliphatic carbocycles. The lowest BCUT2D eigenvalue weighted by molar-refractivity contribution is -0.259. The summed E-state index contributed by atoms with van der Waals surface area (Å²) in [5.41, 5.74) is 0.378. The Morgan fingerprint density at radius 3 is 2.19 bits per heavy atom. The van der Waals surface area contributed by atoms with Gasteiger partial charge in [-0.15, -0.1) is 0 Å². The van der Waals surface area contributed by atoms with Crippen molar-refractivity contribution in [2.75, 3.05) is 13.1 Å². The number of halogens is 8. The monoisotopic (exact) mass is 824 g/mol. The van der Waals surface area contributed by atoms with Crippen molar-refractivity contribution in [1.29, 1.82) is 0 Å². The van der Waals surface area contributed by atoms with Crippen molar-refractivity contribution < 1.29 is 49.2 Å². The molecule has 0 N–H and O–H groups in total. The van der Waals surface area contributed by atoms with E-state index in [1.807, 2.05) is 73.8 Å². The maximum Gasteiger partial charge on any atom is 0.432 e. The average Bonchev–Trinajstić information content (AvgIpc) is 2.63. The van der Waals surface area contributed by atoms with E-state index in [-0.39, 0.29) is 19.5 Å². The molecule has 1 rings (SSSR count). The SMILES string of the molecule is CCN(CCCC(=O)OC(C(F)(F)F)C(F)(F)S(=O)(=O)[O-])C(=O)c1cc(I)cc(I)c1I. The topological polar surface area (TPSA) is 104 Å². The van der Waals surface area contributed by atoms with E-state index in [1.165, 1.54) is 4.90 Å². The van der Waals surface area contributed by atoms with Crippen LogP contribution in [0, 0.1) is 10.7 Å². The van der Waals surface area contributed by atoms with Gasteiger partial charge in [-0.05, 0) is 93.2 Å². The summed E-state index contributed by atoms with van der Waals surface area (Å²) in [6, 6.07) is 3.49. The first-order valence-corrected chi connectivity index (χ1v) is 13.1. The fraction of sp³-hybridized carbons (Fsp3) is 0.500. The molecule has 0 heterocycles. The molecule has 32 heavy (non-hydrogen) atoms. The van der Waals surface area contributed by atoms with Crippen molar-refractivity contribution in [3.8, 4) is 0 Å². The molecule has 0 spiro atoms. The Balaban J connectivity index is 2.86. The minimum Gasteiger partial charge on any atom is -0.743 e. The van der Waals surface area contributed by atoms with Crippen LogP contribution in [0.2, 0.25) is 0 Å². The molecule has 0 saturated carbocycles. The van der Waals surface area contributed by atoms with Gasteiger partial charge in [-0.25, -0.2) is 8.42 Å². The molecule has 7 nitrogen and oxygen atoms in total. The summed E-state index contributed by atoms with van der Waals surface area (Å²) < 4.78 is 103. The number of nitrogens with zero attached hydrogens (tertiary/aromatic N) is 1. The molecule has 0 bridgehead atoms. The summed E-state index contributed by atoms with van der Waals surface area (Å²) in [6.07, 6.45) is -11.5. The second-order valence-electron chi connectivity index (χ2n) is 6.16. The van der Waals surface area contributed by atoms with Crippen LogP contribution in [0.25, 0.3) is 0 Å². The van der Waals surface area contributed by atoms with E-state index in [0.717, 1.165) is 7.14 Å².